The van der Waals surface area contributed by atoms with E-state index in [4.69, 9.17) is 15.3 Å². The number of esters is 1. The largest absolute Gasteiger partial charge is 0.477 e. The predicted molar refractivity (Wildman–Crippen MR) is 128 cm³/mol. The van der Waals surface area contributed by atoms with Gasteiger partial charge in [0.2, 0.25) is 0 Å². The number of thiazole rings is 1. The summed E-state index contributed by atoms with van der Waals surface area (Å²) in [5.41, 5.74) is 5.65. The molecule has 0 aromatic carbocycles. The Morgan fingerprint density at radius 3 is 2.69 bits per heavy atom. The number of rotatable bonds is 11. The number of amides is 2. The second kappa shape index (κ2) is 10.7. The third kappa shape index (κ3) is 5.67. The number of Topliss-reactive ketones (excluding diaryl/α,β-unsaturated/α-hetero) is 1. The Balaban J connectivity index is 1.45. The molecule has 4 rings (SSSR count). The summed E-state index contributed by atoms with van der Waals surface area (Å²) in [6.45, 7) is 1.22. The van der Waals surface area contributed by atoms with Gasteiger partial charge in [0, 0.05) is 16.7 Å². The molecule has 4 N–H and O–H groups in total. The number of ether oxygens (including phenoxy) is 1. The Morgan fingerprint density at radius 2 is 2.08 bits per heavy atom. The molecule has 3 heterocycles. The van der Waals surface area contributed by atoms with E-state index in [1.807, 2.05) is 0 Å². The van der Waals surface area contributed by atoms with Crippen LogP contribution in [0.15, 0.2) is 21.8 Å². The van der Waals surface area contributed by atoms with Crippen molar-refractivity contribution in [3.8, 4) is 0 Å². The highest BCUT2D eigenvalue weighted by Gasteiger charge is 2.54. The first-order valence-corrected chi connectivity index (χ1v) is 12.9. The first kappa shape index (κ1) is 25.6. The van der Waals surface area contributed by atoms with Crippen molar-refractivity contribution in [3.63, 3.8) is 0 Å². The average Bonchev–Trinajstić information content (AvgIpc) is 3.55. The number of nitrogens with two attached hydrogens (primary N) is 1. The van der Waals surface area contributed by atoms with Gasteiger partial charge in [-0.15, -0.1) is 23.1 Å². The number of carbonyl (C=O) groups is 5. The number of nitrogens with one attached hydrogen (secondary N) is 1. The number of β-lactam (4-membered cyclic amide) rings is 1. The molecular weight excluding hydrogens is 514 g/mol. The molecule has 1 saturated heterocycles. The van der Waals surface area contributed by atoms with Gasteiger partial charge in [-0.2, -0.15) is 0 Å². The maximum Gasteiger partial charge on any atom is 0.352 e. The molecular formula is C21H23N5O8S2. The maximum absolute atomic E-state index is 13.0. The SMILES string of the molecule is CC(=O)CC(=O)OCC1=C(C(=O)O)N2C(=O)[C@@H](NC(=O)/C(=N\OCC3CC3)c3csc(N)n3)[C@@H]2SC1. The number of ketones is 1. The normalized spacial score (nSPS) is 21.4. The van der Waals surface area contributed by atoms with Crippen molar-refractivity contribution < 1.29 is 38.7 Å². The number of fused-ring (bicyclic) bond motifs is 1. The van der Waals surface area contributed by atoms with Crippen LogP contribution in [0.3, 0.4) is 0 Å². The van der Waals surface area contributed by atoms with Gasteiger partial charge in [-0.3, -0.25) is 24.1 Å². The molecule has 192 valence electrons. The zero-order valence-corrected chi connectivity index (χ0v) is 20.7. The van der Waals surface area contributed by atoms with E-state index < -0.39 is 41.6 Å². The lowest BCUT2D eigenvalue weighted by Gasteiger charge is -2.49. The van der Waals surface area contributed by atoms with Crippen LogP contribution in [0.4, 0.5) is 5.13 Å². The molecule has 2 amide bonds. The van der Waals surface area contributed by atoms with Crippen molar-refractivity contribution >= 4 is 63.5 Å². The number of nitrogens with zero attached hydrogens (tertiary/aromatic N) is 3. The Labute approximate surface area is 213 Å². The minimum Gasteiger partial charge on any atom is -0.477 e. The maximum atomic E-state index is 13.0. The number of hydrogen-bond donors (Lipinski definition) is 3. The molecule has 1 aliphatic carbocycles. The summed E-state index contributed by atoms with van der Waals surface area (Å²) in [6.07, 6.45) is 1.63. The van der Waals surface area contributed by atoms with Crippen LogP contribution in [0.5, 0.6) is 0 Å². The number of carboxylic acids is 1. The van der Waals surface area contributed by atoms with Crippen LogP contribution < -0.4 is 11.1 Å². The lowest BCUT2D eigenvalue weighted by Crippen LogP contribution is -2.71. The molecule has 2 atom stereocenters. The molecule has 2 fully saturated rings. The van der Waals surface area contributed by atoms with Crippen LogP contribution in [-0.4, -0.2) is 80.6 Å². The van der Waals surface area contributed by atoms with Crippen molar-refractivity contribution in [1.82, 2.24) is 15.2 Å². The molecule has 1 aromatic heterocycles. The van der Waals surface area contributed by atoms with E-state index in [1.165, 1.54) is 18.7 Å². The highest BCUT2D eigenvalue weighted by atomic mass is 32.2. The summed E-state index contributed by atoms with van der Waals surface area (Å²) in [5.74, 6) is -3.35. The van der Waals surface area contributed by atoms with Crippen molar-refractivity contribution in [2.45, 2.75) is 37.6 Å². The summed E-state index contributed by atoms with van der Waals surface area (Å²) in [6, 6.07) is -1.01. The molecule has 3 aliphatic rings. The summed E-state index contributed by atoms with van der Waals surface area (Å²) < 4.78 is 5.00. The number of nitrogen functional groups attached to an aromatic ring is 1. The molecule has 0 radical (unpaired) electrons. The topological polar surface area (TPSA) is 191 Å². The third-order valence-corrected chi connectivity index (χ3v) is 7.49. The van der Waals surface area contributed by atoms with E-state index in [2.05, 4.69) is 15.5 Å². The van der Waals surface area contributed by atoms with Gasteiger partial charge >= 0.3 is 11.9 Å². The van der Waals surface area contributed by atoms with Gasteiger partial charge in [0.25, 0.3) is 11.8 Å². The van der Waals surface area contributed by atoms with Crippen molar-refractivity contribution in [1.29, 1.82) is 0 Å². The van der Waals surface area contributed by atoms with Crippen LogP contribution >= 0.6 is 23.1 Å². The quantitative estimate of drug-likeness (QED) is 0.114. The predicted octanol–water partition coefficient (Wildman–Crippen LogP) is 0.117. The molecule has 2 aliphatic heterocycles. The fourth-order valence-electron chi connectivity index (χ4n) is 3.52. The number of carboxylic acid groups (broad SMARTS) is 1. The summed E-state index contributed by atoms with van der Waals surface area (Å²) >= 11 is 2.33. The fourth-order valence-corrected chi connectivity index (χ4v) is 5.39. The number of aromatic nitrogens is 1. The first-order valence-electron chi connectivity index (χ1n) is 10.9. The molecule has 1 aromatic rings. The number of anilines is 1. The van der Waals surface area contributed by atoms with E-state index >= 15 is 0 Å². The molecule has 15 heteroatoms. The summed E-state index contributed by atoms with van der Waals surface area (Å²) in [7, 11) is 0. The molecule has 0 bridgehead atoms. The number of hydrogen-bond acceptors (Lipinski definition) is 12. The minimum absolute atomic E-state index is 0.136. The lowest BCUT2D eigenvalue weighted by atomic mass is 10.0. The Hall–Kier alpha value is -3.46. The van der Waals surface area contributed by atoms with Crippen molar-refractivity contribution in [2.75, 3.05) is 24.7 Å². The zero-order chi connectivity index (χ0) is 26.0. The molecule has 36 heavy (non-hydrogen) atoms. The summed E-state index contributed by atoms with van der Waals surface area (Å²) in [5, 5.41) is 17.3. The lowest BCUT2D eigenvalue weighted by molar-refractivity contribution is -0.150. The molecule has 1 saturated carbocycles. The van der Waals surface area contributed by atoms with Gasteiger partial charge in [0.15, 0.2) is 10.8 Å². The van der Waals surface area contributed by atoms with Crippen LogP contribution in [0.2, 0.25) is 0 Å². The van der Waals surface area contributed by atoms with E-state index in [-0.39, 0.29) is 46.0 Å². The van der Waals surface area contributed by atoms with Gasteiger partial charge in [-0.05, 0) is 25.7 Å². The number of oxime groups is 1. The van der Waals surface area contributed by atoms with Crippen LogP contribution in [0.25, 0.3) is 0 Å². The van der Waals surface area contributed by atoms with Crippen LogP contribution in [0, 0.1) is 5.92 Å². The highest BCUT2D eigenvalue weighted by Crippen LogP contribution is 2.40. The van der Waals surface area contributed by atoms with E-state index in [0.717, 1.165) is 29.1 Å². The number of aliphatic carboxylic acids is 1. The van der Waals surface area contributed by atoms with Gasteiger partial charge < -0.3 is 25.7 Å². The van der Waals surface area contributed by atoms with E-state index in [1.54, 1.807) is 5.38 Å². The van der Waals surface area contributed by atoms with Gasteiger partial charge in [0.05, 0.1) is 0 Å². The van der Waals surface area contributed by atoms with Crippen molar-refractivity contribution in [2.24, 2.45) is 11.1 Å². The molecule has 13 nitrogen and oxygen atoms in total. The monoisotopic (exact) mass is 537 g/mol. The first-order chi connectivity index (χ1) is 17.2. The Bertz CT molecular complexity index is 1170. The number of thioether (sulfide) groups is 1. The molecule has 0 spiro atoms. The van der Waals surface area contributed by atoms with Gasteiger partial charge in [0.1, 0.15) is 48.2 Å². The zero-order valence-electron chi connectivity index (χ0n) is 19.1. The standard InChI is InChI=1S/C21H23N5O8S2/c1-9(27)4-13(28)33-6-11-7-35-19-15(18(30)26(19)16(11)20(31)32)24-17(29)14(12-8-36-21(22)23-12)25-34-5-10-2-3-10/h8,10,15,19H,2-7H2,1H3,(H2,22,23)(H,24,29)(H,31,32)/b25-14-/t15-,19+/m1/s1. The second-order valence-corrected chi connectivity index (χ2v) is 10.4. The number of carbonyl (C=O) groups excluding carboxylic acids is 4. The Kier molecular flexibility index (Phi) is 7.59. The Morgan fingerprint density at radius 1 is 1.33 bits per heavy atom. The van der Waals surface area contributed by atoms with Gasteiger partial charge in [-0.25, -0.2) is 9.78 Å². The smallest absolute Gasteiger partial charge is 0.352 e. The second-order valence-electron chi connectivity index (χ2n) is 8.41. The average molecular weight is 538 g/mol. The summed E-state index contributed by atoms with van der Waals surface area (Å²) in [4.78, 5) is 71.0. The van der Waals surface area contributed by atoms with E-state index in [9.17, 15) is 29.1 Å². The van der Waals surface area contributed by atoms with Crippen LogP contribution in [0.1, 0.15) is 31.9 Å². The fraction of sp³-hybridized carbons (Fsp3) is 0.476. The minimum atomic E-state index is -1.37. The van der Waals surface area contributed by atoms with Gasteiger partial charge in [-0.1, -0.05) is 5.16 Å². The van der Waals surface area contributed by atoms with Crippen LogP contribution in [-0.2, 0) is 33.5 Å². The third-order valence-electron chi connectivity index (χ3n) is 5.48. The van der Waals surface area contributed by atoms with Crippen molar-refractivity contribution in [3.05, 3.63) is 22.3 Å². The molecule has 0 unspecified atom stereocenters. The van der Waals surface area contributed by atoms with E-state index in [0.29, 0.717) is 12.5 Å². The highest BCUT2D eigenvalue weighted by molar-refractivity contribution is 8.00.